The Labute approximate surface area is 97.0 Å². The minimum atomic E-state index is 0.655. The molecule has 14 heavy (non-hydrogen) atoms. The van der Waals surface area contributed by atoms with Gasteiger partial charge in [0.1, 0.15) is 0 Å². The molecule has 1 unspecified atom stereocenters. The second kappa shape index (κ2) is 3.62. The van der Waals surface area contributed by atoms with Gasteiger partial charge in [-0.05, 0) is 59.7 Å². The van der Waals surface area contributed by atoms with Gasteiger partial charge in [0.25, 0.3) is 0 Å². The van der Waals surface area contributed by atoms with Crippen LogP contribution < -0.4 is 5.32 Å². The van der Waals surface area contributed by atoms with Gasteiger partial charge in [-0.25, -0.2) is 0 Å². The number of rotatable bonds is 2. The molecule has 1 saturated carbocycles. The first-order chi connectivity index (χ1) is 6.83. The first-order valence-electron chi connectivity index (χ1n) is 5.37. The maximum absolute atomic E-state index is 3.75. The first-order valence-corrected chi connectivity index (χ1v) is 6.98. The van der Waals surface area contributed by atoms with Gasteiger partial charge in [0.05, 0.1) is 3.79 Å². The summed E-state index contributed by atoms with van der Waals surface area (Å²) in [5.41, 5.74) is 1.58. The van der Waals surface area contributed by atoms with Gasteiger partial charge in [-0.3, -0.25) is 0 Å². The SMILES string of the molecule is Brc1cc2c(s1)C(NC1CC1)CCC2. The van der Waals surface area contributed by atoms with Crippen LogP contribution in [0, 0.1) is 0 Å². The van der Waals surface area contributed by atoms with Gasteiger partial charge in [0, 0.05) is 17.0 Å². The highest BCUT2D eigenvalue weighted by molar-refractivity contribution is 9.11. The van der Waals surface area contributed by atoms with Gasteiger partial charge >= 0.3 is 0 Å². The lowest BCUT2D eigenvalue weighted by Gasteiger charge is -2.23. The number of hydrogen-bond donors (Lipinski definition) is 1. The molecular weight excluding hydrogens is 258 g/mol. The number of nitrogens with one attached hydrogen (secondary N) is 1. The van der Waals surface area contributed by atoms with Gasteiger partial charge in [-0.2, -0.15) is 0 Å². The Bertz CT molecular complexity index is 343. The molecule has 3 heteroatoms. The van der Waals surface area contributed by atoms with Crippen molar-refractivity contribution >= 4 is 27.3 Å². The molecule has 0 saturated heterocycles. The number of hydrogen-bond acceptors (Lipinski definition) is 2. The van der Waals surface area contributed by atoms with E-state index in [4.69, 9.17) is 0 Å². The van der Waals surface area contributed by atoms with Crippen LogP contribution in [0.1, 0.15) is 42.2 Å². The molecule has 1 nitrogen and oxygen atoms in total. The van der Waals surface area contributed by atoms with E-state index in [0.29, 0.717) is 6.04 Å². The molecule has 1 fully saturated rings. The zero-order valence-corrected chi connectivity index (χ0v) is 10.5. The summed E-state index contributed by atoms with van der Waals surface area (Å²) in [6.07, 6.45) is 6.73. The highest BCUT2D eigenvalue weighted by atomic mass is 79.9. The molecule has 0 amide bonds. The van der Waals surface area contributed by atoms with E-state index in [1.54, 1.807) is 10.4 Å². The minimum Gasteiger partial charge on any atom is -0.306 e. The van der Waals surface area contributed by atoms with Crippen LogP contribution in [0.5, 0.6) is 0 Å². The summed E-state index contributed by atoms with van der Waals surface area (Å²) >= 11 is 5.51. The summed E-state index contributed by atoms with van der Waals surface area (Å²) in [5, 5.41) is 3.75. The smallest absolute Gasteiger partial charge is 0.0704 e. The lowest BCUT2D eigenvalue weighted by molar-refractivity contribution is 0.465. The number of fused-ring (bicyclic) bond motifs is 1. The summed E-state index contributed by atoms with van der Waals surface area (Å²) in [4.78, 5) is 1.59. The summed E-state index contributed by atoms with van der Waals surface area (Å²) in [7, 11) is 0. The molecule has 0 aliphatic heterocycles. The van der Waals surface area contributed by atoms with Crippen LogP contribution in [0.3, 0.4) is 0 Å². The lowest BCUT2D eigenvalue weighted by Crippen LogP contribution is -2.25. The lowest BCUT2D eigenvalue weighted by atomic mass is 9.95. The fourth-order valence-corrected chi connectivity index (χ4v) is 4.05. The van der Waals surface area contributed by atoms with Crippen LogP contribution in [0.4, 0.5) is 0 Å². The van der Waals surface area contributed by atoms with Crippen LogP contribution in [0.25, 0.3) is 0 Å². The predicted octanol–water partition coefficient (Wildman–Crippen LogP) is 3.64. The van der Waals surface area contributed by atoms with Gasteiger partial charge in [-0.15, -0.1) is 11.3 Å². The summed E-state index contributed by atoms with van der Waals surface area (Å²) in [6.45, 7) is 0. The Kier molecular flexibility index (Phi) is 2.42. The van der Waals surface area contributed by atoms with E-state index in [1.807, 2.05) is 11.3 Å². The van der Waals surface area contributed by atoms with Crippen molar-refractivity contribution in [2.24, 2.45) is 0 Å². The van der Waals surface area contributed by atoms with Gasteiger partial charge in [-0.1, -0.05) is 0 Å². The normalized spacial score (nSPS) is 26.2. The highest BCUT2D eigenvalue weighted by Gasteiger charge is 2.29. The molecule has 3 rings (SSSR count). The Morgan fingerprint density at radius 1 is 1.36 bits per heavy atom. The maximum atomic E-state index is 3.75. The third-order valence-corrected chi connectivity index (χ3v) is 4.88. The van der Waals surface area contributed by atoms with Crippen LogP contribution in [-0.2, 0) is 6.42 Å². The van der Waals surface area contributed by atoms with Crippen LogP contribution >= 0.6 is 27.3 Å². The standard InChI is InChI=1S/C11H14BrNS/c12-10-6-7-2-1-3-9(11(7)14-10)13-8-4-5-8/h6,8-9,13H,1-5H2. The van der Waals surface area contributed by atoms with E-state index >= 15 is 0 Å². The largest absolute Gasteiger partial charge is 0.306 e. The van der Waals surface area contributed by atoms with E-state index in [-0.39, 0.29) is 0 Å². The van der Waals surface area contributed by atoms with E-state index < -0.39 is 0 Å². The average Bonchev–Trinajstić information content (AvgIpc) is 2.87. The third-order valence-electron chi connectivity index (χ3n) is 3.08. The fourth-order valence-electron chi connectivity index (χ4n) is 2.22. The molecule has 1 atom stereocenters. The maximum Gasteiger partial charge on any atom is 0.0704 e. The van der Waals surface area contributed by atoms with Crippen LogP contribution in [0.2, 0.25) is 0 Å². The van der Waals surface area contributed by atoms with Crippen LogP contribution in [0.15, 0.2) is 9.85 Å². The van der Waals surface area contributed by atoms with Crippen molar-refractivity contribution in [3.63, 3.8) is 0 Å². The van der Waals surface area contributed by atoms with Crippen molar-refractivity contribution in [3.05, 3.63) is 20.3 Å². The molecule has 2 aliphatic carbocycles. The van der Waals surface area contributed by atoms with E-state index in [9.17, 15) is 0 Å². The fraction of sp³-hybridized carbons (Fsp3) is 0.636. The van der Waals surface area contributed by atoms with Crippen molar-refractivity contribution < 1.29 is 0 Å². The molecule has 76 valence electrons. The minimum absolute atomic E-state index is 0.655. The van der Waals surface area contributed by atoms with E-state index in [0.717, 1.165) is 6.04 Å². The molecule has 0 spiro atoms. The second-order valence-electron chi connectivity index (χ2n) is 4.33. The summed E-state index contributed by atoms with van der Waals surface area (Å²) < 4.78 is 1.30. The molecule has 0 aromatic carbocycles. The van der Waals surface area contributed by atoms with E-state index in [2.05, 4.69) is 27.3 Å². The van der Waals surface area contributed by atoms with Gasteiger partial charge in [0.15, 0.2) is 0 Å². The zero-order valence-electron chi connectivity index (χ0n) is 8.05. The second-order valence-corrected chi connectivity index (χ2v) is 6.79. The van der Waals surface area contributed by atoms with Crippen molar-refractivity contribution in [2.75, 3.05) is 0 Å². The summed E-state index contributed by atoms with van der Waals surface area (Å²) in [5.74, 6) is 0. The van der Waals surface area contributed by atoms with Crippen molar-refractivity contribution in [1.29, 1.82) is 0 Å². The topological polar surface area (TPSA) is 12.0 Å². The van der Waals surface area contributed by atoms with Crippen LogP contribution in [-0.4, -0.2) is 6.04 Å². The third kappa shape index (κ3) is 1.77. The van der Waals surface area contributed by atoms with Gasteiger partial charge < -0.3 is 5.32 Å². The first kappa shape index (κ1) is 9.37. The molecule has 1 N–H and O–H groups in total. The average molecular weight is 272 g/mol. The number of halogens is 1. The Morgan fingerprint density at radius 3 is 3.00 bits per heavy atom. The van der Waals surface area contributed by atoms with Crippen molar-refractivity contribution in [1.82, 2.24) is 5.32 Å². The number of thiophene rings is 1. The molecule has 1 aromatic heterocycles. The monoisotopic (exact) mass is 271 g/mol. The molecule has 1 aromatic rings. The molecule has 0 radical (unpaired) electrons. The highest BCUT2D eigenvalue weighted by Crippen LogP contribution is 2.39. The Morgan fingerprint density at radius 2 is 2.21 bits per heavy atom. The van der Waals surface area contributed by atoms with Crippen molar-refractivity contribution in [3.8, 4) is 0 Å². The van der Waals surface area contributed by atoms with Crippen molar-refractivity contribution in [2.45, 2.75) is 44.2 Å². The molecular formula is C11H14BrNS. The predicted molar refractivity (Wildman–Crippen MR) is 63.9 cm³/mol. The summed E-state index contributed by atoms with van der Waals surface area (Å²) in [6, 6.07) is 3.79. The Balaban J connectivity index is 1.85. The molecule has 1 heterocycles. The van der Waals surface area contributed by atoms with E-state index in [1.165, 1.54) is 35.9 Å². The molecule has 0 bridgehead atoms. The Hall–Kier alpha value is 0.140. The molecule has 2 aliphatic rings. The zero-order chi connectivity index (χ0) is 9.54. The number of aryl methyl sites for hydroxylation is 1. The quantitative estimate of drug-likeness (QED) is 0.866. The van der Waals surface area contributed by atoms with Gasteiger partial charge in [0.2, 0.25) is 0 Å².